The maximum absolute atomic E-state index is 11.4. The molecular formula is C13H18N2O2. The Labute approximate surface area is 101 Å². The SMILES string of the molecule is NCCCNC(=O)Oc1ccc2c(c1)CCC2. The number of carbonyl (C=O) groups excluding carboxylic acids is 1. The second-order valence-electron chi connectivity index (χ2n) is 4.24. The van der Waals surface area contributed by atoms with E-state index < -0.39 is 6.09 Å². The average Bonchev–Trinajstić information content (AvgIpc) is 2.76. The van der Waals surface area contributed by atoms with Crippen molar-refractivity contribution in [3.05, 3.63) is 29.3 Å². The van der Waals surface area contributed by atoms with Gasteiger partial charge in [0.1, 0.15) is 5.75 Å². The van der Waals surface area contributed by atoms with E-state index in [0.717, 1.165) is 19.3 Å². The number of fused-ring (bicyclic) bond motifs is 1. The summed E-state index contributed by atoms with van der Waals surface area (Å²) < 4.78 is 5.20. The van der Waals surface area contributed by atoms with Crippen LogP contribution in [0.25, 0.3) is 0 Å². The Hall–Kier alpha value is -1.55. The normalized spacial score (nSPS) is 13.2. The van der Waals surface area contributed by atoms with Gasteiger partial charge in [-0.1, -0.05) is 6.07 Å². The van der Waals surface area contributed by atoms with Crippen molar-refractivity contribution in [1.82, 2.24) is 5.32 Å². The number of amides is 1. The minimum atomic E-state index is -0.406. The molecule has 1 aromatic carbocycles. The van der Waals surface area contributed by atoms with Crippen LogP contribution in [0.3, 0.4) is 0 Å². The minimum Gasteiger partial charge on any atom is -0.410 e. The molecule has 0 spiro atoms. The van der Waals surface area contributed by atoms with Crippen molar-refractivity contribution in [3.63, 3.8) is 0 Å². The zero-order valence-electron chi connectivity index (χ0n) is 9.87. The van der Waals surface area contributed by atoms with E-state index in [0.29, 0.717) is 18.8 Å². The van der Waals surface area contributed by atoms with Crippen LogP contribution in [-0.2, 0) is 12.8 Å². The summed E-state index contributed by atoms with van der Waals surface area (Å²) in [7, 11) is 0. The molecule has 4 heteroatoms. The fraction of sp³-hybridized carbons (Fsp3) is 0.462. The molecule has 2 rings (SSSR count). The van der Waals surface area contributed by atoms with Gasteiger partial charge in [-0.3, -0.25) is 0 Å². The van der Waals surface area contributed by atoms with Crippen LogP contribution in [0.5, 0.6) is 5.75 Å². The van der Waals surface area contributed by atoms with Gasteiger partial charge in [-0.2, -0.15) is 0 Å². The van der Waals surface area contributed by atoms with E-state index in [1.165, 1.54) is 17.5 Å². The molecule has 0 fully saturated rings. The second-order valence-corrected chi connectivity index (χ2v) is 4.24. The van der Waals surface area contributed by atoms with Crippen LogP contribution in [0.1, 0.15) is 24.0 Å². The van der Waals surface area contributed by atoms with Crippen molar-refractivity contribution >= 4 is 6.09 Å². The second kappa shape index (κ2) is 5.68. The molecule has 1 aliphatic rings. The third-order valence-electron chi connectivity index (χ3n) is 2.93. The Morgan fingerprint density at radius 2 is 2.18 bits per heavy atom. The number of nitrogens with one attached hydrogen (secondary N) is 1. The van der Waals surface area contributed by atoms with Gasteiger partial charge in [0.05, 0.1) is 0 Å². The summed E-state index contributed by atoms with van der Waals surface area (Å²) in [6.45, 7) is 1.12. The molecule has 0 unspecified atom stereocenters. The number of hydrogen-bond acceptors (Lipinski definition) is 3. The highest BCUT2D eigenvalue weighted by atomic mass is 16.6. The summed E-state index contributed by atoms with van der Waals surface area (Å²) in [6, 6.07) is 5.86. The lowest BCUT2D eigenvalue weighted by molar-refractivity contribution is 0.200. The predicted octanol–water partition coefficient (Wildman–Crippen LogP) is 1.61. The van der Waals surface area contributed by atoms with E-state index in [2.05, 4.69) is 5.32 Å². The third kappa shape index (κ3) is 3.20. The van der Waals surface area contributed by atoms with Crippen LogP contribution < -0.4 is 15.8 Å². The molecule has 92 valence electrons. The molecule has 17 heavy (non-hydrogen) atoms. The summed E-state index contributed by atoms with van der Waals surface area (Å²) in [5.74, 6) is 0.621. The number of rotatable bonds is 4. The van der Waals surface area contributed by atoms with Crippen molar-refractivity contribution in [3.8, 4) is 5.75 Å². The molecule has 0 bridgehead atoms. The summed E-state index contributed by atoms with van der Waals surface area (Å²) in [6.07, 6.45) is 3.77. The van der Waals surface area contributed by atoms with Gasteiger partial charge in [0.2, 0.25) is 0 Å². The molecular weight excluding hydrogens is 216 g/mol. The predicted molar refractivity (Wildman–Crippen MR) is 66.2 cm³/mol. The molecule has 1 amide bonds. The van der Waals surface area contributed by atoms with Gasteiger partial charge in [0, 0.05) is 6.54 Å². The van der Waals surface area contributed by atoms with Gasteiger partial charge in [0.15, 0.2) is 0 Å². The Kier molecular flexibility index (Phi) is 3.98. The zero-order valence-corrected chi connectivity index (χ0v) is 9.87. The van der Waals surface area contributed by atoms with Gasteiger partial charge in [-0.05, 0) is 55.5 Å². The fourth-order valence-electron chi connectivity index (χ4n) is 2.05. The molecule has 0 radical (unpaired) electrons. The molecule has 0 aromatic heterocycles. The molecule has 4 nitrogen and oxygen atoms in total. The van der Waals surface area contributed by atoms with Crippen molar-refractivity contribution < 1.29 is 9.53 Å². The van der Waals surface area contributed by atoms with Crippen molar-refractivity contribution in [2.45, 2.75) is 25.7 Å². The van der Waals surface area contributed by atoms with Gasteiger partial charge in [-0.15, -0.1) is 0 Å². The van der Waals surface area contributed by atoms with E-state index in [9.17, 15) is 4.79 Å². The molecule has 0 heterocycles. The fourth-order valence-corrected chi connectivity index (χ4v) is 2.05. The minimum absolute atomic E-state index is 0.406. The molecule has 0 saturated carbocycles. The summed E-state index contributed by atoms with van der Waals surface area (Å²) in [5.41, 5.74) is 8.02. The highest BCUT2D eigenvalue weighted by molar-refractivity contribution is 5.70. The highest BCUT2D eigenvalue weighted by Gasteiger charge is 2.12. The highest BCUT2D eigenvalue weighted by Crippen LogP contribution is 2.25. The van der Waals surface area contributed by atoms with E-state index in [1.807, 2.05) is 18.2 Å². The van der Waals surface area contributed by atoms with Crippen LogP contribution in [0.2, 0.25) is 0 Å². The number of benzene rings is 1. The molecule has 3 N–H and O–H groups in total. The number of ether oxygens (including phenoxy) is 1. The topological polar surface area (TPSA) is 64.3 Å². The van der Waals surface area contributed by atoms with E-state index in [1.54, 1.807) is 0 Å². The quantitative estimate of drug-likeness (QED) is 0.778. The van der Waals surface area contributed by atoms with Crippen molar-refractivity contribution in [2.75, 3.05) is 13.1 Å². The summed E-state index contributed by atoms with van der Waals surface area (Å²) in [4.78, 5) is 11.4. The van der Waals surface area contributed by atoms with Gasteiger partial charge >= 0.3 is 6.09 Å². The maximum Gasteiger partial charge on any atom is 0.412 e. The van der Waals surface area contributed by atoms with Crippen LogP contribution in [0.4, 0.5) is 4.79 Å². The first-order valence-electron chi connectivity index (χ1n) is 6.07. The first-order chi connectivity index (χ1) is 8.29. The van der Waals surface area contributed by atoms with Gasteiger partial charge in [-0.25, -0.2) is 4.79 Å². The largest absolute Gasteiger partial charge is 0.412 e. The van der Waals surface area contributed by atoms with Crippen molar-refractivity contribution in [1.29, 1.82) is 0 Å². The zero-order chi connectivity index (χ0) is 12.1. The number of nitrogens with two attached hydrogens (primary N) is 1. The van der Waals surface area contributed by atoms with E-state index in [-0.39, 0.29) is 0 Å². The summed E-state index contributed by atoms with van der Waals surface area (Å²) >= 11 is 0. The Morgan fingerprint density at radius 1 is 1.35 bits per heavy atom. The number of carbonyl (C=O) groups is 1. The molecule has 1 aromatic rings. The molecule has 0 saturated heterocycles. The summed E-state index contributed by atoms with van der Waals surface area (Å²) in [5, 5.41) is 2.66. The molecule has 0 atom stereocenters. The van der Waals surface area contributed by atoms with E-state index in [4.69, 9.17) is 10.5 Å². The van der Waals surface area contributed by atoms with Gasteiger partial charge in [0.25, 0.3) is 0 Å². The van der Waals surface area contributed by atoms with Crippen LogP contribution in [-0.4, -0.2) is 19.2 Å². The van der Waals surface area contributed by atoms with Crippen LogP contribution in [0.15, 0.2) is 18.2 Å². The average molecular weight is 234 g/mol. The Bertz CT molecular complexity index is 404. The lowest BCUT2D eigenvalue weighted by Gasteiger charge is -2.07. The first kappa shape index (κ1) is 11.9. The van der Waals surface area contributed by atoms with Crippen LogP contribution in [0, 0.1) is 0 Å². The van der Waals surface area contributed by atoms with Crippen LogP contribution >= 0.6 is 0 Å². The Balaban J connectivity index is 1.88. The smallest absolute Gasteiger partial charge is 0.410 e. The number of aryl methyl sites for hydroxylation is 2. The molecule has 1 aliphatic carbocycles. The Morgan fingerprint density at radius 3 is 3.00 bits per heavy atom. The lowest BCUT2D eigenvalue weighted by Crippen LogP contribution is -2.28. The number of hydrogen-bond donors (Lipinski definition) is 2. The maximum atomic E-state index is 11.4. The van der Waals surface area contributed by atoms with Crippen molar-refractivity contribution in [2.24, 2.45) is 5.73 Å². The molecule has 0 aliphatic heterocycles. The van der Waals surface area contributed by atoms with Gasteiger partial charge < -0.3 is 15.8 Å². The van der Waals surface area contributed by atoms with E-state index >= 15 is 0 Å². The first-order valence-corrected chi connectivity index (χ1v) is 6.07. The standard InChI is InChI=1S/C13H18N2O2/c14-7-2-8-15-13(16)17-12-6-5-10-3-1-4-11(10)9-12/h5-6,9H,1-4,7-8,14H2,(H,15,16). The third-order valence-corrected chi connectivity index (χ3v) is 2.93. The monoisotopic (exact) mass is 234 g/mol. The lowest BCUT2D eigenvalue weighted by atomic mass is 10.1.